The maximum absolute atomic E-state index is 13.6. The molecule has 0 bridgehead atoms. The number of ketones is 1. The molecule has 1 N–H and O–H groups in total. The molecule has 0 fully saturated rings. The lowest BCUT2D eigenvalue weighted by atomic mass is 9.79. The van der Waals surface area contributed by atoms with Crippen LogP contribution < -0.4 is 14.8 Å². The van der Waals surface area contributed by atoms with Crippen LogP contribution in [-0.4, -0.2) is 25.5 Å². The predicted octanol–water partition coefficient (Wildman–Crippen LogP) is 6.06. The molecule has 0 saturated heterocycles. The molecule has 7 heteroatoms. The summed E-state index contributed by atoms with van der Waals surface area (Å²) in [5.41, 5.74) is 5.41. The summed E-state index contributed by atoms with van der Waals surface area (Å²) in [5.74, 6) is -0.164. The Morgan fingerprint density at radius 3 is 2.43 bits per heavy atom. The van der Waals surface area contributed by atoms with Gasteiger partial charge in [0.05, 0.1) is 25.0 Å². The molecule has 3 aromatic carbocycles. The molecular weight excluding hydrogens is 490 g/mol. The molecule has 0 aromatic heterocycles. The second kappa shape index (κ2) is 10.1. The Hall–Kier alpha value is -4.03. The van der Waals surface area contributed by atoms with Crippen LogP contribution in [0.25, 0.3) is 5.70 Å². The molecule has 0 saturated carbocycles. The number of carbonyl (C=O) groups is 2. The number of fused-ring (bicyclic) bond motifs is 2. The number of Topliss-reactive ketones (excluding diaryl/α,β-unsaturated/α-hetero) is 1. The Morgan fingerprint density at radius 2 is 1.73 bits per heavy atom. The first kappa shape index (κ1) is 24.7. The first-order valence-electron chi connectivity index (χ1n) is 12.0. The monoisotopic (exact) mass is 515 g/mol. The van der Waals surface area contributed by atoms with Gasteiger partial charge in [0.15, 0.2) is 17.3 Å². The molecule has 2 aliphatic rings. The van der Waals surface area contributed by atoms with Crippen LogP contribution >= 0.6 is 11.6 Å². The molecule has 6 nitrogen and oxygen atoms in total. The molecule has 0 unspecified atom stereocenters. The number of methoxy groups -OCH3 is 1. The van der Waals surface area contributed by atoms with Gasteiger partial charge in [-0.2, -0.15) is 0 Å². The van der Waals surface area contributed by atoms with Gasteiger partial charge in [0.25, 0.3) is 0 Å². The largest absolute Gasteiger partial charge is 0.493 e. The number of hydrogen-bond acceptors (Lipinski definition) is 6. The van der Waals surface area contributed by atoms with Crippen molar-refractivity contribution in [3.05, 3.63) is 111 Å². The summed E-state index contributed by atoms with van der Waals surface area (Å²) in [7, 11) is 1.56. The van der Waals surface area contributed by atoms with Gasteiger partial charge in [0.2, 0.25) is 0 Å². The molecule has 3 aromatic rings. The lowest BCUT2D eigenvalue weighted by Crippen LogP contribution is -2.29. The van der Waals surface area contributed by atoms with Gasteiger partial charge in [-0.25, -0.2) is 4.79 Å². The van der Waals surface area contributed by atoms with E-state index in [2.05, 4.69) is 5.32 Å². The second-order valence-electron chi connectivity index (χ2n) is 8.81. The maximum atomic E-state index is 13.6. The molecule has 1 aliphatic carbocycles. The summed E-state index contributed by atoms with van der Waals surface area (Å²) in [6, 6.07) is 20.4. The number of carbonyl (C=O) groups excluding carboxylic acids is 2. The average Bonchev–Trinajstić information content (AvgIpc) is 3.19. The quantitative estimate of drug-likeness (QED) is 0.386. The fraction of sp³-hybridized carbons (Fsp3) is 0.200. The van der Waals surface area contributed by atoms with Crippen molar-refractivity contribution in [1.82, 2.24) is 5.32 Å². The van der Waals surface area contributed by atoms with Crippen molar-refractivity contribution < 1.29 is 23.8 Å². The minimum atomic E-state index is -0.630. The number of halogens is 1. The van der Waals surface area contributed by atoms with Crippen LogP contribution in [0.15, 0.2) is 83.6 Å². The molecular formula is C30H26ClNO5. The summed E-state index contributed by atoms with van der Waals surface area (Å²) >= 11 is 5.98. The zero-order valence-electron chi connectivity index (χ0n) is 20.8. The van der Waals surface area contributed by atoms with Crippen LogP contribution in [0.1, 0.15) is 46.8 Å². The van der Waals surface area contributed by atoms with Gasteiger partial charge in [0.1, 0.15) is 6.61 Å². The van der Waals surface area contributed by atoms with E-state index < -0.39 is 11.9 Å². The van der Waals surface area contributed by atoms with Crippen LogP contribution in [-0.2, 0) is 16.1 Å². The topological polar surface area (TPSA) is 73.9 Å². The highest BCUT2D eigenvalue weighted by molar-refractivity contribution is 6.30. The fourth-order valence-corrected chi connectivity index (χ4v) is 4.99. The zero-order valence-corrected chi connectivity index (χ0v) is 21.5. The van der Waals surface area contributed by atoms with Crippen molar-refractivity contribution in [2.45, 2.75) is 26.4 Å². The zero-order chi connectivity index (χ0) is 26.1. The van der Waals surface area contributed by atoms with Gasteiger partial charge in [0, 0.05) is 33.3 Å². The number of nitrogens with one attached hydrogen (secondary N) is 1. The van der Waals surface area contributed by atoms with Crippen LogP contribution in [0.4, 0.5) is 0 Å². The van der Waals surface area contributed by atoms with E-state index in [1.54, 1.807) is 20.1 Å². The summed E-state index contributed by atoms with van der Waals surface area (Å²) in [5, 5.41) is 3.97. The van der Waals surface area contributed by atoms with Gasteiger partial charge in [-0.15, -0.1) is 0 Å². The van der Waals surface area contributed by atoms with E-state index in [1.807, 2.05) is 67.6 Å². The number of ether oxygens (including phenoxy) is 3. The Labute approximate surface area is 220 Å². The van der Waals surface area contributed by atoms with Crippen LogP contribution in [0.2, 0.25) is 5.02 Å². The van der Waals surface area contributed by atoms with Crippen molar-refractivity contribution in [2.75, 3.05) is 13.7 Å². The molecule has 0 radical (unpaired) electrons. The van der Waals surface area contributed by atoms with Crippen LogP contribution in [0.5, 0.6) is 11.5 Å². The average molecular weight is 516 g/mol. The lowest BCUT2D eigenvalue weighted by molar-refractivity contribution is -0.138. The first-order valence-corrected chi connectivity index (χ1v) is 12.4. The standard InChI is InChI=1S/C30H26ClNO5/c1-4-36-30(34)25-17(2)32-28-21-7-5-6-8-22(21)29(33)27(28)26(25)19-11-14-23(24(15-19)35-3)37-16-18-9-12-20(31)13-10-18/h5-15,26,32H,4,16H2,1-3H3/t26-/m0/s1. The lowest BCUT2D eigenvalue weighted by Gasteiger charge is -2.29. The van der Waals surface area contributed by atoms with Gasteiger partial charge in [-0.3, -0.25) is 4.79 Å². The molecule has 1 aliphatic heterocycles. The summed E-state index contributed by atoms with van der Waals surface area (Å²) in [6.45, 7) is 4.14. The van der Waals surface area contributed by atoms with E-state index in [9.17, 15) is 9.59 Å². The van der Waals surface area contributed by atoms with Crippen molar-refractivity contribution >= 4 is 29.1 Å². The van der Waals surface area contributed by atoms with E-state index in [4.69, 9.17) is 25.8 Å². The van der Waals surface area contributed by atoms with Crippen LogP contribution in [0.3, 0.4) is 0 Å². The number of benzene rings is 3. The highest BCUT2D eigenvalue weighted by Gasteiger charge is 2.43. The summed E-state index contributed by atoms with van der Waals surface area (Å²) in [6.07, 6.45) is 0. The Balaban J connectivity index is 1.56. The van der Waals surface area contributed by atoms with Crippen molar-refractivity contribution in [3.63, 3.8) is 0 Å². The summed E-state index contributed by atoms with van der Waals surface area (Å²) < 4.78 is 17.1. The number of allylic oxidation sites excluding steroid dienone is 2. The van der Waals surface area contributed by atoms with Gasteiger partial charge < -0.3 is 19.5 Å². The molecule has 1 heterocycles. The Morgan fingerprint density at radius 1 is 1.00 bits per heavy atom. The fourth-order valence-electron chi connectivity index (χ4n) is 4.87. The third kappa shape index (κ3) is 4.49. The van der Waals surface area contributed by atoms with E-state index in [1.165, 1.54) is 0 Å². The normalized spacial score (nSPS) is 16.2. The number of rotatable bonds is 7. The first-order chi connectivity index (χ1) is 17.9. The van der Waals surface area contributed by atoms with Gasteiger partial charge in [-0.05, 0) is 49.2 Å². The van der Waals surface area contributed by atoms with Crippen molar-refractivity contribution in [2.24, 2.45) is 0 Å². The third-order valence-electron chi connectivity index (χ3n) is 6.57. The van der Waals surface area contributed by atoms with E-state index in [-0.39, 0.29) is 12.4 Å². The number of hydrogen-bond donors (Lipinski definition) is 1. The second-order valence-corrected chi connectivity index (χ2v) is 9.24. The minimum absolute atomic E-state index is 0.112. The maximum Gasteiger partial charge on any atom is 0.336 e. The Kier molecular flexibility index (Phi) is 6.76. The van der Waals surface area contributed by atoms with E-state index in [0.29, 0.717) is 45.5 Å². The molecule has 37 heavy (non-hydrogen) atoms. The molecule has 5 rings (SSSR count). The third-order valence-corrected chi connectivity index (χ3v) is 6.82. The Bertz CT molecular complexity index is 1460. The molecule has 1 atom stereocenters. The highest BCUT2D eigenvalue weighted by Crippen LogP contribution is 2.48. The summed E-state index contributed by atoms with van der Waals surface area (Å²) in [4.78, 5) is 26.8. The SMILES string of the molecule is CCOC(=O)C1=C(C)NC2=C(C(=O)c3ccccc32)[C@H]1c1ccc(OCc2ccc(Cl)cc2)c(OC)c1. The van der Waals surface area contributed by atoms with E-state index in [0.717, 1.165) is 22.4 Å². The number of esters is 1. The van der Waals surface area contributed by atoms with Crippen molar-refractivity contribution in [1.29, 1.82) is 0 Å². The molecule has 188 valence electrons. The minimum Gasteiger partial charge on any atom is -0.493 e. The smallest absolute Gasteiger partial charge is 0.336 e. The predicted molar refractivity (Wildman–Crippen MR) is 142 cm³/mol. The number of dihydropyridines is 1. The van der Waals surface area contributed by atoms with Crippen LogP contribution in [0, 0.1) is 0 Å². The van der Waals surface area contributed by atoms with Gasteiger partial charge >= 0.3 is 5.97 Å². The molecule has 0 amide bonds. The van der Waals surface area contributed by atoms with E-state index >= 15 is 0 Å². The molecule has 0 spiro atoms. The van der Waals surface area contributed by atoms with Gasteiger partial charge in [-0.1, -0.05) is 54.1 Å². The highest BCUT2D eigenvalue weighted by atomic mass is 35.5. The van der Waals surface area contributed by atoms with Crippen molar-refractivity contribution in [3.8, 4) is 11.5 Å².